The lowest BCUT2D eigenvalue weighted by molar-refractivity contribution is 0.102. The molecule has 1 N–H and O–H groups in total. The molecule has 0 fully saturated rings. The molecule has 0 unspecified atom stereocenters. The van der Waals surface area contributed by atoms with Gasteiger partial charge in [-0.05, 0) is 69.1 Å². The topological polar surface area (TPSA) is 29.1 Å². The van der Waals surface area contributed by atoms with Crippen molar-refractivity contribution < 1.29 is 9.18 Å². The molecule has 2 aromatic rings. The van der Waals surface area contributed by atoms with Gasteiger partial charge in [-0.15, -0.1) is 0 Å². The van der Waals surface area contributed by atoms with Crippen LogP contribution in [0.25, 0.3) is 0 Å². The van der Waals surface area contributed by atoms with Crippen LogP contribution in [0, 0.1) is 12.7 Å². The van der Waals surface area contributed by atoms with Gasteiger partial charge >= 0.3 is 0 Å². The van der Waals surface area contributed by atoms with Crippen molar-refractivity contribution in [3.63, 3.8) is 0 Å². The summed E-state index contributed by atoms with van der Waals surface area (Å²) in [6.07, 6.45) is 0. The van der Waals surface area contributed by atoms with Crippen molar-refractivity contribution in [1.29, 1.82) is 0 Å². The Morgan fingerprint density at radius 1 is 1.11 bits per heavy atom. The van der Waals surface area contributed by atoms with Gasteiger partial charge < -0.3 is 5.32 Å². The van der Waals surface area contributed by atoms with Gasteiger partial charge in [0, 0.05) is 10.2 Å². The minimum atomic E-state index is -0.416. The summed E-state index contributed by atoms with van der Waals surface area (Å²) in [6, 6.07) is 9.94. The number of hydrogen-bond acceptors (Lipinski definition) is 1. The Labute approximate surface area is 127 Å². The smallest absolute Gasteiger partial charge is 0.256 e. The summed E-state index contributed by atoms with van der Waals surface area (Å²) >= 11 is 6.39. The molecular formula is C14H10Br2FNO. The molecule has 0 bridgehead atoms. The Morgan fingerprint density at radius 3 is 2.47 bits per heavy atom. The molecule has 5 heteroatoms. The SMILES string of the molecule is Cc1ccc(Br)c(C(=O)Nc2ccc(Br)c(F)c2)c1. The Hall–Kier alpha value is -1.20. The number of halogens is 3. The summed E-state index contributed by atoms with van der Waals surface area (Å²) in [4.78, 5) is 12.1. The van der Waals surface area contributed by atoms with E-state index < -0.39 is 5.82 Å². The van der Waals surface area contributed by atoms with Crippen LogP contribution in [0.3, 0.4) is 0 Å². The number of aryl methyl sites for hydroxylation is 1. The van der Waals surface area contributed by atoms with Crippen molar-refractivity contribution >= 4 is 43.5 Å². The number of benzene rings is 2. The van der Waals surface area contributed by atoms with Crippen LogP contribution in [0.15, 0.2) is 45.3 Å². The van der Waals surface area contributed by atoms with E-state index in [1.807, 2.05) is 19.1 Å². The van der Waals surface area contributed by atoms with E-state index >= 15 is 0 Å². The molecule has 0 aliphatic carbocycles. The standard InChI is InChI=1S/C14H10Br2FNO/c1-8-2-4-11(15)10(6-8)14(19)18-9-3-5-12(16)13(17)7-9/h2-7H,1H3,(H,18,19). The third-order valence-electron chi connectivity index (χ3n) is 2.54. The largest absolute Gasteiger partial charge is 0.322 e. The predicted octanol–water partition coefficient (Wildman–Crippen LogP) is 4.91. The van der Waals surface area contributed by atoms with Crippen molar-refractivity contribution in [3.05, 3.63) is 62.3 Å². The summed E-state index contributed by atoms with van der Waals surface area (Å²) in [5.74, 6) is -0.696. The van der Waals surface area contributed by atoms with Gasteiger partial charge in [0.05, 0.1) is 10.0 Å². The Balaban J connectivity index is 2.25. The van der Waals surface area contributed by atoms with Gasteiger partial charge in [-0.25, -0.2) is 4.39 Å². The first kappa shape index (κ1) is 14.2. The van der Waals surface area contributed by atoms with E-state index in [2.05, 4.69) is 37.2 Å². The molecule has 98 valence electrons. The van der Waals surface area contributed by atoms with Crippen LogP contribution in [0.1, 0.15) is 15.9 Å². The number of carbonyl (C=O) groups excluding carboxylic acids is 1. The molecule has 2 rings (SSSR count). The average Bonchev–Trinajstić information content (AvgIpc) is 2.36. The normalized spacial score (nSPS) is 10.3. The zero-order chi connectivity index (χ0) is 14.0. The van der Waals surface area contributed by atoms with Crippen molar-refractivity contribution in [2.24, 2.45) is 0 Å². The van der Waals surface area contributed by atoms with Crippen LogP contribution in [0.5, 0.6) is 0 Å². The number of anilines is 1. The van der Waals surface area contributed by atoms with Crippen LogP contribution in [0.2, 0.25) is 0 Å². The molecule has 1 amide bonds. The van der Waals surface area contributed by atoms with E-state index in [0.29, 0.717) is 20.2 Å². The molecule has 2 aromatic carbocycles. The number of carbonyl (C=O) groups is 1. The predicted molar refractivity (Wildman–Crippen MR) is 80.9 cm³/mol. The highest BCUT2D eigenvalue weighted by atomic mass is 79.9. The van der Waals surface area contributed by atoms with Crippen LogP contribution in [-0.4, -0.2) is 5.91 Å². The van der Waals surface area contributed by atoms with E-state index in [9.17, 15) is 9.18 Å². The first-order chi connectivity index (χ1) is 8.97. The summed E-state index contributed by atoms with van der Waals surface area (Å²) in [6.45, 7) is 1.91. The molecule has 0 aliphatic heterocycles. The second-order valence-electron chi connectivity index (χ2n) is 4.07. The zero-order valence-corrected chi connectivity index (χ0v) is 13.2. The fourth-order valence-electron chi connectivity index (χ4n) is 1.59. The molecule has 0 spiro atoms. The molecule has 0 atom stereocenters. The van der Waals surface area contributed by atoms with Gasteiger partial charge in [-0.2, -0.15) is 0 Å². The highest BCUT2D eigenvalue weighted by Crippen LogP contribution is 2.22. The number of hydrogen-bond donors (Lipinski definition) is 1. The lowest BCUT2D eigenvalue weighted by atomic mass is 10.1. The van der Waals surface area contributed by atoms with Gasteiger partial charge in [-0.3, -0.25) is 4.79 Å². The first-order valence-corrected chi connectivity index (χ1v) is 7.08. The summed E-state index contributed by atoms with van der Waals surface area (Å²) in [5.41, 5.74) is 1.91. The minimum Gasteiger partial charge on any atom is -0.322 e. The van der Waals surface area contributed by atoms with Gasteiger partial charge in [0.2, 0.25) is 0 Å². The van der Waals surface area contributed by atoms with Crippen LogP contribution < -0.4 is 5.32 Å². The lowest BCUT2D eigenvalue weighted by Gasteiger charge is -2.08. The van der Waals surface area contributed by atoms with Gasteiger partial charge in [0.15, 0.2) is 0 Å². The summed E-state index contributed by atoms with van der Waals surface area (Å²) in [7, 11) is 0. The molecule has 19 heavy (non-hydrogen) atoms. The Kier molecular flexibility index (Phi) is 4.37. The van der Waals surface area contributed by atoms with Crippen LogP contribution in [0.4, 0.5) is 10.1 Å². The van der Waals surface area contributed by atoms with Gasteiger partial charge in [-0.1, -0.05) is 11.6 Å². The van der Waals surface area contributed by atoms with Crippen molar-refractivity contribution in [2.45, 2.75) is 6.92 Å². The molecule has 0 aromatic heterocycles. The van der Waals surface area contributed by atoms with Crippen LogP contribution in [-0.2, 0) is 0 Å². The molecule has 2 nitrogen and oxygen atoms in total. The highest BCUT2D eigenvalue weighted by Gasteiger charge is 2.11. The number of amides is 1. The van der Waals surface area contributed by atoms with Crippen molar-refractivity contribution in [1.82, 2.24) is 0 Å². The quantitative estimate of drug-likeness (QED) is 0.780. The molecule has 0 saturated heterocycles. The second-order valence-corrected chi connectivity index (χ2v) is 5.77. The Morgan fingerprint density at radius 2 is 1.79 bits per heavy atom. The van der Waals surface area contributed by atoms with E-state index in [0.717, 1.165) is 5.56 Å². The zero-order valence-electron chi connectivity index (χ0n) is 10.0. The summed E-state index contributed by atoms with van der Waals surface area (Å²) < 4.78 is 14.4. The van der Waals surface area contributed by atoms with E-state index in [1.54, 1.807) is 18.2 Å². The number of rotatable bonds is 2. The number of nitrogens with one attached hydrogen (secondary N) is 1. The maximum absolute atomic E-state index is 13.4. The van der Waals surface area contributed by atoms with Crippen molar-refractivity contribution in [3.8, 4) is 0 Å². The third-order valence-corrected chi connectivity index (χ3v) is 3.88. The fourth-order valence-corrected chi connectivity index (χ4v) is 2.26. The summed E-state index contributed by atoms with van der Waals surface area (Å²) in [5, 5.41) is 2.66. The van der Waals surface area contributed by atoms with E-state index in [1.165, 1.54) is 6.07 Å². The fraction of sp³-hybridized carbons (Fsp3) is 0.0714. The molecule has 0 radical (unpaired) electrons. The maximum Gasteiger partial charge on any atom is 0.256 e. The third kappa shape index (κ3) is 3.42. The monoisotopic (exact) mass is 385 g/mol. The maximum atomic E-state index is 13.4. The Bertz CT molecular complexity index is 643. The second kappa shape index (κ2) is 5.84. The molecule has 0 saturated carbocycles. The molecule has 0 aliphatic rings. The van der Waals surface area contributed by atoms with Gasteiger partial charge in [0.1, 0.15) is 5.82 Å². The molecule has 0 heterocycles. The lowest BCUT2D eigenvalue weighted by Crippen LogP contribution is -2.13. The molecular weight excluding hydrogens is 377 g/mol. The first-order valence-electron chi connectivity index (χ1n) is 5.50. The minimum absolute atomic E-state index is 0.280. The van der Waals surface area contributed by atoms with Crippen molar-refractivity contribution in [2.75, 3.05) is 5.32 Å². The van der Waals surface area contributed by atoms with E-state index in [-0.39, 0.29) is 5.91 Å². The average molecular weight is 387 g/mol. The van der Waals surface area contributed by atoms with Crippen LogP contribution >= 0.6 is 31.9 Å². The van der Waals surface area contributed by atoms with Gasteiger partial charge in [0.25, 0.3) is 5.91 Å². The van der Waals surface area contributed by atoms with E-state index in [4.69, 9.17) is 0 Å². The highest BCUT2D eigenvalue weighted by molar-refractivity contribution is 9.10.